The lowest BCUT2D eigenvalue weighted by molar-refractivity contribution is -0.0838. The molecule has 112 valence electrons. The fourth-order valence-electron chi connectivity index (χ4n) is 3.26. The Morgan fingerprint density at radius 1 is 1.30 bits per heavy atom. The van der Waals surface area contributed by atoms with Crippen LogP contribution in [-0.2, 0) is 4.74 Å². The molecule has 0 radical (unpaired) electrons. The van der Waals surface area contributed by atoms with Gasteiger partial charge in [-0.1, -0.05) is 30.7 Å². The number of nitrogens with one attached hydrogen (secondary N) is 1. The molecule has 1 atom stereocenters. The third-order valence-corrected chi connectivity index (χ3v) is 4.72. The predicted octanol–water partition coefficient (Wildman–Crippen LogP) is 4.30. The topological polar surface area (TPSA) is 21.3 Å². The molecule has 1 saturated carbocycles. The molecule has 2 nitrogen and oxygen atoms in total. The Bertz CT molecular complexity index is 432. The van der Waals surface area contributed by atoms with Crippen LogP contribution in [0.2, 0.25) is 0 Å². The maximum absolute atomic E-state index is 5.83. The van der Waals surface area contributed by atoms with E-state index in [4.69, 9.17) is 4.74 Å². The van der Waals surface area contributed by atoms with E-state index in [1.54, 1.807) is 0 Å². The van der Waals surface area contributed by atoms with Crippen LogP contribution in [-0.4, -0.2) is 19.3 Å². The molecule has 0 amide bonds. The zero-order valence-electron chi connectivity index (χ0n) is 13.5. The van der Waals surface area contributed by atoms with Gasteiger partial charge < -0.3 is 10.1 Å². The van der Waals surface area contributed by atoms with Crippen LogP contribution in [0.1, 0.15) is 61.8 Å². The second-order valence-electron chi connectivity index (χ2n) is 6.31. The van der Waals surface area contributed by atoms with E-state index in [9.17, 15) is 0 Å². The van der Waals surface area contributed by atoms with Crippen molar-refractivity contribution in [2.24, 2.45) is 0 Å². The van der Waals surface area contributed by atoms with Crippen molar-refractivity contribution in [3.05, 3.63) is 34.9 Å². The van der Waals surface area contributed by atoms with Crippen LogP contribution in [0.25, 0.3) is 0 Å². The number of hydrogen-bond donors (Lipinski definition) is 1. The van der Waals surface area contributed by atoms with Crippen LogP contribution in [0, 0.1) is 13.8 Å². The van der Waals surface area contributed by atoms with E-state index in [2.05, 4.69) is 44.3 Å². The molecule has 0 bridgehead atoms. The Morgan fingerprint density at radius 2 is 2.05 bits per heavy atom. The summed E-state index contributed by atoms with van der Waals surface area (Å²) >= 11 is 0. The number of benzene rings is 1. The molecule has 1 aliphatic carbocycles. The van der Waals surface area contributed by atoms with E-state index >= 15 is 0 Å². The first-order valence-corrected chi connectivity index (χ1v) is 7.96. The van der Waals surface area contributed by atoms with Crippen molar-refractivity contribution < 1.29 is 4.74 Å². The van der Waals surface area contributed by atoms with Gasteiger partial charge in [0.1, 0.15) is 0 Å². The highest BCUT2D eigenvalue weighted by Crippen LogP contribution is 2.42. The molecule has 1 aromatic rings. The molecule has 0 spiro atoms. The average Bonchev–Trinajstić information content (AvgIpc) is 2.38. The highest BCUT2D eigenvalue weighted by atomic mass is 16.5. The van der Waals surface area contributed by atoms with Gasteiger partial charge in [-0.25, -0.2) is 0 Å². The molecular weight excluding hydrogens is 246 g/mol. The van der Waals surface area contributed by atoms with Gasteiger partial charge in [0, 0.05) is 13.2 Å². The maximum Gasteiger partial charge on any atom is 0.0697 e. The molecule has 0 saturated heterocycles. The van der Waals surface area contributed by atoms with Crippen molar-refractivity contribution in [1.29, 1.82) is 0 Å². The molecule has 0 aromatic heterocycles. The van der Waals surface area contributed by atoms with Gasteiger partial charge in [0.15, 0.2) is 0 Å². The quantitative estimate of drug-likeness (QED) is 0.801. The smallest absolute Gasteiger partial charge is 0.0697 e. The van der Waals surface area contributed by atoms with Gasteiger partial charge in [-0.05, 0) is 63.6 Å². The Labute approximate surface area is 123 Å². The van der Waals surface area contributed by atoms with E-state index in [1.807, 2.05) is 7.11 Å². The molecule has 1 fully saturated rings. The molecule has 1 aromatic carbocycles. The number of methoxy groups -OCH3 is 1. The monoisotopic (exact) mass is 275 g/mol. The summed E-state index contributed by atoms with van der Waals surface area (Å²) in [7, 11) is 1.87. The Balaban J connectivity index is 2.17. The molecule has 1 N–H and O–H groups in total. The van der Waals surface area contributed by atoms with Crippen molar-refractivity contribution in [2.75, 3.05) is 13.7 Å². The van der Waals surface area contributed by atoms with Gasteiger partial charge >= 0.3 is 0 Å². The molecule has 0 aliphatic heterocycles. The molecule has 1 aliphatic rings. The number of rotatable bonds is 7. The van der Waals surface area contributed by atoms with Crippen molar-refractivity contribution in [2.45, 2.75) is 64.5 Å². The average molecular weight is 275 g/mol. The van der Waals surface area contributed by atoms with Crippen LogP contribution >= 0.6 is 0 Å². The van der Waals surface area contributed by atoms with E-state index in [1.165, 1.54) is 42.4 Å². The molecule has 0 heterocycles. The first-order chi connectivity index (χ1) is 9.60. The second-order valence-corrected chi connectivity index (χ2v) is 6.31. The lowest BCUT2D eigenvalue weighted by Gasteiger charge is -2.43. The number of aryl methyl sites for hydroxylation is 2. The standard InChI is InChI=1S/C18H29NO/c1-5-11-19-17(13-18(20-4)9-6-10-18)16-8-7-14(2)12-15(16)3/h7-8,12,17,19H,5-6,9-11,13H2,1-4H3. The number of ether oxygens (including phenoxy) is 1. The first kappa shape index (κ1) is 15.5. The van der Waals surface area contributed by atoms with Crippen molar-refractivity contribution in [1.82, 2.24) is 5.32 Å². The Morgan fingerprint density at radius 3 is 2.55 bits per heavy atom. The summed E-state index contributed by atoms with van der Waals surface area (Å²) in [4.78, 5) is 0. The maximum atomic E-state index is 5.83. The van der Waals surface area contributed by atoms with Crippen LogP contribution in [0.5, 0.6) is 0 Å². The van der Waals surface area contributed by atoms with Crippen LogP contribution < -0.4 is 5.32 Å². The van der Waals surface area contributed by atoms with Crippen molar-refractivity contribution in [3.63, 3.8) is 0 Å². The Hall–Kier alpha value is -0.860. The van der Waals surface area contributed by atoms with Gasteiger partial charge in [-0.15, -0.1) is 0 Å². The fourth-order valence-corrected chi connectivity index (χ4v) is 3.26. The zero-order valence-corrected chi connectivity index (χ0v) is 13.5. The van der Waals surface area contributed by atoms with E-state index < -0.39 is 0 Å². The zero-order chi connectivity index (χ0) is 14.6. The highest BCUT2D eigenvalue weighted by Gasteiger charge is 2.39. The van der Waals surface area contributed by atoms with E-state index in [0.717, 1.165) is 13.0 Å². The lowest BCUT2D eigenvalue weighted by atomic mass is 9.74. The van der Waals surface area contributed by atoms with Crippen LogP contribution in [0.3, 0.4) is 0 Å². The summed E-state index contributed by atoms with van der Waals surface area (Å²) in [5.74, 6) is 0. The Kier molecular flexibility index (Phi) is 5.22. The second kappa shape index (κ2) is 6.73. The summed E-state index contributed by atoms with van der Waals surface area (Å²) in [6.45, 7) is 7.68. The summed E-state index contributed by atoms with van der Waals surface area (Å²) in [6, 6.07) is 7.22. The van der Waals surface area contributed by atoms with E-state index in [-0.39, 0.29) is 5.60 Å². The minimum absolute atomic E-state index is 0.114. The third kappa shape index (κ3) is 3.42. The van der Waals surface area contributed by atoms with Gasteiger partial charge in [-0.2, -0.15) is 0 Å². The van der Waals surface area contributed by atoms with Crippen molar-refractivity contribution in [3.8, 4) is 0 Å². The molecular formula is C18H29NO. The lowest BCUT2D eigenvalue weighted by Crippen LogP contribution is -2.43. The molecule has 1 unspecified atom stereocenters. The third-order valence-electron chi connectivity index (χ3n) is 4.72. The highest BCUT2D eigenvalue weighted by molar-refractivity contribution is 5.33. The van der Waals surface area contributed by atoms with Gasteiger partial charge in [0.2, 0.25) is 0 Å². The van der Waals surface area contributed by atoms with E-state index in [0.29, 0.717) is 6.04 Å². The van der Waals surface area contributed by atoms with Crippen LogP contribution in [0.15, 0.2) is 18.2 Å². The first-order valence-electron chi connectivity index (χ1n) is 7.96. The molecule has 20 heavy (non-hydrogen) atoms. The fraction of sp³-hybridized carbons (Fsp3) is 0.667. The van der Waals surface area contributed by atoms with Gasteiger partial charge in [-0.3, -0.25) is 0 Å². The molecule has 2 rings (SSSR count). The summed E-state index contributed by atoms with van der Waals surface area (Å²) in [6.07, 6.45) is 5.98. The summed E-state index contributed by atoms with van der Waals surface area (Å²) in [5, 5.41) is 3.72. The van der Waals surface area contributed by atoms with Gasteiger partial charge in [0.05, 0.1) is 5.60 Å². The molecule has 2 heteroatoms. The SMILES string of the molecule is CCCNC(CC1(OC)CCC1)c1ccc(C)cc1C. The van der Waals surface area contributed by atoms with Crippen LogP contribution in [0.4, 0.5) is 0 Å². The summed E-state index contributed by atoms with van der Waals surface area (Å²) in [5.41, 5.74) is 4.28. The minimum Gasteiger partial charge on any atom is -0.378 e. The number of hydrogen-bond acceptors (Lipinski definition) is 2. The normalized spacial score (nSPS) is 18.6. The minimum atomic E-state index is 0.114. The largest absolute Gasteiger partial charge is 0.378 e. The van der Waals surface area contributed by atoms with Gasteiger partial charge in [0.25, 0.3) is 0 Å². The van der Waals surface area contributed by atoms with Crippen molar-refractivity contribution >= 4 is 0 Å². The summed E-state index contributed by atoms with van der Waals surface area (Å²) < 4.78 is 5.83. The predicted molar refractivity (Wildman–Crippen MR) is 85.2 cm³/mol.